The van der Waals surface area contributed by atoms with Crippen molar-refractivity contribution in [1.29, 1.82) is 0 Å². The molecule has 4 nitrogen and oxygen atoms in total. The molecule has 2 heterocycles. The van der Waals surface area contributed by atoms with Gasteiger partial charge in [0.2, 0.25) is 0 Å². The van der Waals surface area contributed by atoms with Crippen LogP contribution < -0.4 is 5.73 Å². The molecule has 0 saturated heterocycles. The fraction of sp³-hybridized carbons (Fsp3) is 0.133. The van der Waals surface area contributed by atoms with Crippen LogP contribution in [0.3, 0.4) is 0 Å². The molecule has 0 atom stereocenters. The molecule has 3 aromatic rings. The standard InChI is InChI=1S/C15H14N2O2/c1-2-12-11(8-9-18-12)14-13(15(16)17-19-14)10-6-4-3-5-7-10/h3-9H,2H2,1H3,(H2,16,17). The Balaban J connectivity index is 2.20. The van der Waals surface area contributed by atoms with Crippen LogP contribution in [0.15, 0.2) is 51.6 Å². The Hall–Kier alpha value is -2.49. The zero-order valence-corrected chi connectivity index (χ0v) is 10.6. The van der Waals surface area contributed by atoms with Gasteiger partial charge in [0.15, 0.2) is 11.6 Å². The number of hydrogen-bond donors (Lipinski definition) is 1. The Kier molecular flexibility index (Phi) is 2.83. The first-order valence-electron chi connectivity index (χ1n) is 6.18. The molecule has 0 aliphatic rings. The summed E-state index contributed by atoms with van der Waals surface area (Å²) in [6.07, 6.45) is 2.44. The highest BCUT2D eigenvalue weighted by atomic mass is 16.5. The van der Waals surface area contributed by atoms with Crippen LogP contribution in [0.2, 0.25) is 0 Å². The number of hydrogen-bond acceptors (Lipinski definition) is 4. The molecule has 0 aliphatic carbocycles. The van der Waals surface area contributed by atoms with Crippen LogP contribution in [0.1, 0.15) is 12.7 Å². The van der Waals surface area contributed by atoms with Gasteiger partial charge < -0.3 is 14.7 Å². The van der Waals surface area contributed by atoms with Crippen molar-refractivity contribution in [3.05, 3.63) is 48.4 Å². The summed E-state index contributed by atoms with van der Waals surface area (Å²) in [5, 5.41) is 3.89. The lowest BCUT2D eigenvalue weighted by atomic mass is 10.0. The van der Waals surface area contributed by atoms with Gasteiger partial charge in [-0.25, -0.2) is 0 Å². The minimum atomic E-state index is 0.393. The maximum atomic E-state index is 5.94. The van der Waals surface area contributed by atoms with Crippen molar-refractivity contribution in [2.24, 2.45) is 0 Å². The Morgan fingerprint density at radius 2 is 1.95 bits per heavy atom. The molecule has 96 valence electrons. The van der Waals surface area contributed by atoms with Gasteiger partial charge in [-0.3, -0.25) is 0 Å². The van der Waals surface area contributed by atoms with E-state index in [9.17, 15) is 0 Å². The van der Waals surface area contributed by atoms with Gasteiger partial charge in [-0.2, -0.15) is 0 Å². The van der Waals surface area contributed by atoms with E-state index in [1.165, 1.54) is 0 Å². The van der Waals surface area contributed by atoms with E-state index in [0.29, 0.717) is 11.6 Å². The molecule has 0 saturated carbocycles. The minimum absolute atomic E-state index is 0.393. The molecule has 2 aromatic heterocycles. The van der Waals surface area contributed by atoms with Gasteiger partial charge in [0.1, 0.15) is 5.76 Å². The lowest BCUT2D eigenvalue weighted by molar-refractivity contribution is 0.433. The lowest BCUT2D eigenvalue weighted by Gasteiger charge is -2.02. The first-order valence-corrected chi connectivity index (χ1v) is 6.18. The zero-order chi connectivity index (χ0) is 13.2. The number of aryl methyl sites for hydroxylation is 1. The third-order valence-corrected chi connectivity index (χ3v) is 3.09. The molecule has 0 radical (unpaired) electrons. The van der Waals surface area contributed by atoms with Gasteiger partial charge in [0.05, 0.1) is 17.4 Å². The predicted octanol–water partition coefficient (Wildman–Crippen LogP) is 3.75. The molecule has 0 aliphatic heterocycles. The second-order valence-corrected chi connectivity index (χ2v) is 4.25. The molecular weight excluding hydrogens is 240 g/mol. The number of aromatic nitrogens is 1. The van der Waals surface area contributed by atoms with Crippen molar-refractivity contribution in [3.63, 3.8) is 0 Å². The monoisotopic (exact) mass is 254 g/mol. The van der Waals surface area contributed by atoms with Crippen LogP contribution >= 0.6 is 0 Å². The van der Waals surface area contributed by atoms with E-state index in [4.69, 9.17) is 14.7 Å². The topological polar surface area (TPSA) is 65.2 Å². The van der Waals surface area contributed by atoms with Crippen molar-refractivity contribution in [3.8, 4) is 22.5 Å². The minimum Gasteiger partial charge on any atom is -0.469 e. The number of nitrogens with zero attached hydrogens (tertiary/aromatic N) is 1. The van der Waals surface area contributed by atoms with Gasteiger partial charge >= 0.3 is 0 Å². The summed E-state index contributed by atoms with van der Waals surface area (Å²) in [7, 11) is 0. The summed E-state index contributed by atoms with van der Waals surface area (Å²) in [4.78, 5) is 0. The quantitative estimate of drug-likeness (QED) is 0.773. The molecule has 0 fully saturated rings. The second-order valence-electron chi connectivity index (χ2n) is 4.25. The van der Waals surface area contributed by atoms with Gasteiger partial charge in [-0.15, -0.1) is 0 Å². The van der Waals surface area contributed by atoms with E-state index in [2.05, 4.69) is 5.16 Å². The van der Waals surface area contributed by atoms with Crippen molar-refractivity contribution < 1.29 is 8.94 Å². The van der Waals surface area contributed by atoms with Gasteiger partial charge in [-0.05, 0) is 11.6 Å². The maximum absolute atomic E-state index is 5.94. The summed E-state index contributed by atoms with van der Waals surface area (Å²) in [6.45, 7) is 2.03. The first kappa shape index (κ1) is 11.6. The van der Waals surface area contributed by atoms with E-state index < -0.39 is 0 Å². The van der Waals surface area contributed by atoms with Crippen molar-refractivity contribution in [2.45, 2.75) is 13.3 Å². The van der Waals surface area contributed by atoms with E-state index in [0.717, 1.165) is 28.9 Å². The van der Waals surface area contributed by atoms with E-state index in [1.54, 1.807) is 6.26 Å². The van der Waals surface area contributed by atoms with E-state index in [1.807, 2.05) is 43.3 Å². The third kappa shape index (κ3) is 1.91. The van der Waals surface area contributed by atoms with E-state index >= 15 is 0 Å². The summed E-state index contributed by atoms with van der Waals surface area (Å²) >= 11 is 0. The number of nitrogen functional groups attached to an aromatic ring is 1. The Morgan fingerprint density at radius 1 is 1.16 bits per heavy atom. The Morgan fingerprint density at radius 3 is 2.68 bits per heavy atom. The van der Waals surface area contributed by atoms with Gasteiger partial charge in [-0.1, -0.05) is 42.4 Å². The highest BCUT2D eigenvalue weighted by Gasteiger charge is 2.20. The molecule has 0 unspecified atom stereocenters. The molecule has 19 heavy (non-hydrogen) atoms. The molecular formula is C15H14N2O2. The Labute approximate surface area is 110 Å². The van der Waals surface area contributed by atoms with Crippen LogP contribution in [0.5, 0.6) is 0 Å². The molecule has 2 N–H and O–H groups in total. The maximum Gasteiger partial charge on any atom is 0.180 e. The molecule has 0 amide bonds. The van der Waals surface area contributed by atoms with Gasteiger partial charge in [0, 0.05) is 6.42 Å². The highest BCUT2D eigenvalue weighted by Crippen LogP contribution is 2.38. The summed E-state index contributed by atoms with van der Waals surface area (Å²) in [6, 6.07) is 11.7. The second kappa shape index (κ2) is 4.65. The van der Waals surface area contributed by atoms with Crippen LogP contribution in [0.4, 0.5) is 5.82 Å². The van der Waals surface area contributed by atoms with Crippen LogP contribution in [0, 0.1) is 0 Å². The summed E-state index contributed by atoms with van der Waals surface area (Å²) in [5.74, 6) is 1.92. The first-order chi connectivity index (χ1) is 9.31. The van der Waals surface area contributed by atoms with Crippen LogP contribution in [0.25, 0.3) is 22.5 Å². The fourth-order valence-electron chi connectivity index (χ4n) is 2.19. The van der Waals surface area contributed by atoms with Crippen molar-refractivity contribution >= 4 is 5.82 Å². The highest BCUT2D eigenvalue weighted by molar-refractivity contribution is 5.86. The fourth-order valence-corrected chi connectivity index (χ4v) is 2.19. The lowest BCUT2D eigenvalue weighted by Crippen LogP contribution is -1.89. The number of nitrogens with two attached hydrogens (primary N) is 1. The smallest absolute Gasteiger partial charge is 0.180 e. The van der Waals surface area contributed by atoms with Crippen LogP contribution in [-0.4, -0.2) is 5.16 Å². The number of rotatable bonds is 3. The average molecular weight is 254 g/mol. The summed E-state index contributed by atoms with van der Waals surface area (Å²) in [5.41, 5.74) is 8.65. The molecule has 3 rings (SSSR count). The number of furan rings is 1. The molecule has 4 heteroatoms. The predicted molar refractivity (Wildman–Crippen MR) is 73.4 cm³/mol. The SMILES string of the molecule is CCc1occc1-c1onc(N)c1-c1ccccc1. The molecule has 0 bridgehead atoms. The van der Waals surface area contributed by atoms with Crippen LogP contribution in [-0.2, 0) is 6.42 Å². The summed E-state index contributed by atoms with van der Waals surface area (Å²) < 4.78 is 10.8. The largest absolute Gasteiger partial charge is 0.469 e. The van der Waals surface area contributed by atoms with Crippen molar-refractivity contribution in [2.75, 3.05) is 5.73 Å². The number of benzene rings is 1. The molecule has 1 aromatic carbocycles. The van der Waals surface area contributed by atoms with Gasteiger partial charge in [0.25, 0.3) is 0 Å². The van der Waals surface area contributed by atoms with E-state index in [-0.39, 0.29) is 0 Å². The third-order valence-electron chi connectivity index (χ3n) is 3.09. The average Bonchev–Trinajstić information content (AvgIpc) is 3.05. The normalized spacial score (nSPS) is 10.8. The molecule has 0 spiro atoms. The number of anilines is 1. The van der Waals surface area contributed by atoms with Crippen molar-refractivity contribution in [1.82, 2.24) is 5.16 Å². The Bertz CT molecular complexity index is 683. The zero-order valence-electron chi connectivity index (χ0n) is 10.6.